The molecule has 3 aromatic carbocycles. The van der Waals surface area contributed by atoms with Crippen LogP contribution in [0.5, 0.6) is 5.75 Å². The molecule has 1 atom stereocenters. The van der Waals surface area contributed by atoms with Gasteiger partial charge in [0.2, 0.25) is 5.78 Å². The molecule has 2 heterocycles. The van der Waals surface area contributed by atoms with Gasteiger partial charge in [0.1, 0.15) is 11.3 Å². The molecule has 0 fully saturated rings. The molecule has 1 unspecified atom stereocenters. The first-order valence-corrected chi connectivity index (χ1v) is 10.9. The van der Waals surface area contributed by atoms with Crippen molar-refractivity contribution in [2.45, 2.75) is 19.9 Å². The lowest BCUT2D eigenvalue weighted by molar-refractivity contribution is -0.117. The highest BCUT2D eigenvalue weighted by molar-refractivity contribution is 6.20. The number of amides is 1. The first-order valence-electron chi connectivity index (χ1n) is 10.9. The van der Waals surface area contributed by atoms with Crippen LogP contribution in [0.15, 0.2) is 88.5 Å². The van der Waals surface area contributed by atoms with E-state index in [2.05, 4.69) is 0 Å². The number of ketones is 1. The van der Waals surface area contributed by atoms with Crippen LogP contribution in [-0.4, -0.2) is 23.9 Å². The first-order chi connectivity index (χ1) is 16.4. The first kappa shape index (κ1) is 21.5. The van der Waals surface area contributed by atoms with E-state index < -0.39 is 23.5 Å². The molecule has 0 saturated carbocycles. The largest absolute Gasteiger partial charge is 0.503 e. The molecule has 1 aromatic heterocycles. The van der Waals surface area contributed by atoms with E-state index in [0.29, 0.717) is 22.6 Å². The molecule has 0 spiro atoms. The number of aliphatic hydroxyl groups excluding tert-OH is 1. The standard InChI is InChI=1S/C28H23NO5/c1-16-7-6-9-21(17(16)2)29-25(18-11-13-20(33-3)14-12-18)24(27(31)28(29)32)26(30)23-15-19-8-4-5-10-22(19)34-23/h4-15,25,31H,1-3H3. The quantitative estimate of drug-likeness (QED) is 0.384. The van der Waals surface area contributed by atoms with E-state index >= 15 is 0 Å². The number of aliphatic hydroxyl groups is 1. The summed E-state index contributed by atoms with van der Waals surface area (Å²) in [7, 11) is 1.57. The molecular formula is C28H23NO5. The summed E-state index contributed by atoms with van der Waals surface area (Å²) in [6.07, 6.45) is 0. The number of carbonyl (C=O) groups excluding carboxylic acids is 2. The summed E-state index contributed by atoms with van der Waals surface area (Å²) in [5.74, 6) is -1.03. The van der Waals surface area contributed by atoms with Crippen LogP contribution < -0.4 is 9.64 Å². The maximum absolute atomic E-state index is 13.7. The maximum Gasteiger partial charge on any atom is 0.294 e. The second kappa shape index (κ2) is 8.23. The molecule has 1 N–H and O–H groups in total. The summed E-state index contributed by atoms with van der Waals surface area (Å²) in [6, 6.07) is 20.8. The van der Waals surface area contributed by atoms with Gasteiger partial charge < -0.3 is 14.3 Å². The van der Waals surface area contributed by atoms with Crippen LogP contribution >= 0.6 is 0 Å². The monoisotopic (exact) mass is 453 g/mol. The van der Waals surface area contributed by atoms with Gasteiger partial charge in [-0.05, 0) is 60.9 Å². The number of aryl methyl sites for hydroxylation is 1. The van der Waals surface area contributed by atoms with Crippen LogP contribution in [0, 0.1) is 13.8 Å². The van der Waals surface area contributed by atoms with E-state index in [4.69, 9.17) is 9.15 Å². The highest BCUT2D eigenvalue weighted by atomic mass is 16.5. The van der Waals surface area contributed by atoms with Crippen molar-refractivity contribution in [2.24, 2.45) is 0 Å². The number of anilines is 1. The van der Waals surface area contributed by atoms with Crippen molar-refractivity contribution < 1.29 is 23.8 Å². The summed E-state index contributed by atoms with van der Waals surface area (Å²) in [4.78, 5) is 28.6. The summed E-state index contributed by atoms with van der Waals surface area (Å²) in [6.45, 7) is 3.87. The highest BCUT2D eigenvalue weighted by Gasteiger charge is 2.45. The number of para-hydroxylation sites is 1. The number of rotatable bonds is 5. The molecule has 6 nitrogen and oxygen atoms in total. The van der Waals surface area contributed by atoms with Crippen molar-refractivity contribution in [3.05, 3.63) is 107 Å². The van der Waals surface area contributed by atoms with Crippen LogP contribution in [0.3, 0.4) is 0 Å². The summed E-state index contributed by atoms with van der Waals surface area (Å²) >= 11 is 0. The highest BCUT2D eigenvalue weighted by Crippen LogP contribution is 2.44. The van der Waals surface area contributed by atoms with E-state index in [1.165, 1.54) is 4.90 Å². The summed E-state index contributed by atoms with van der Waals surface area (Å²) in [5, 5.41) is 11.8. The third-order valence-electron chi connectivity index (χ3n) is 6.37. The molecule has 6 heteroatoms. The average Bonchev–Trinajstić information content (AvgIpc) is 3.40. The molecule has 0 bridgehead atoms. The molecule has 170 valence electrons. The second-order valence-electron chi connectivity index (χ2n) is 8.31. The molecule has 0 radical (unpaired) electrons. The molecular weight excluding hydrogens is 430 g/mol. The SMILES string of the molecule is COc1ccc(C2C(C(=O)c3cc4ccccc4o3)=C(O)C(=O)N2c2cccc(C)c2C)cc1. The van der Waals surface area contributed by atoms with Crippen molar-refractivity contribution in [1.29, 1.82) is 0 Å². The molecule has 1 amide bonds. The number of nitrogens with zero attached hydrogens (tertiary/aromatic N) is 1. The van der Waals surface area contributed by atoms with Gasteiger partial charge in [0.25, 0.3) is 5.91 Å². The zero-order valence-corrected chi connectivity index (χ0v) is 19.0. The number of Topliss-reactive ketones (excluding diaryl/α,β-unsaturated/α-hetero) is 1. The number of ether oxygens (including phenoxy) is 1. The number of furan rings is 1. The predicted octanol–water partition coefficient (Wildman–Crippen LogP) is 5.84. The Morgan fingerprint density at radius 1 is 1.00 bits per heavy atom. The van der Waals surface area contributed by atoms with Crippen LogP contribution in [0.25, 0.3) is 11.0 Å². The lowest BCUT2D eigenvalue weighted by Crippen LogP contribution is -2.31. The predicted molar refractivity (Wildman–Crippen MR) is 129 cm³/mol. The van der Waals surface area contributed by atoms with Gasteiger partial charge in [-0.3, -0.25) is 14.5 Å². The summed E-state index contributed by atoms with van der Waals surface area (Å²) < 4.78 is 11.1. The Kier molecular flexibility index (Phi) is 5.21. The molecule has 1 aliphatic rings. The number of methoxy groups -OCH3 is 1. The fourth-order valence-electron chi connectivity index (χ4n) is 4.41. The lowest BCUT2D eigenvalue weighted by Gasteiger charge is -2.28. The van der Waals surface area contributed by atoms with Crippen molar-refractivity contribution >= 4 is 28.3 Å². The van der Waals surface area contributed by atoms with E-state index in [0.717, 1.165) is 16.5 Å². The Hall–Kier alpha value is -4.32. The van der Waals surface area contributed by atoms with Gasteiger partial charge in [-0.25, -0.2) is 0 Å². The van der Waals surface area contributed by atoms with Gasteiger partial charge in [-0.15, -0.1) is 0 Å². The van der Waals surface area contributed by atoms with Crippen molar-refractivity contribution in [1.82, 2.24) is 0 Å². The Morgan fingerprint density at radius 2 is 1.74 bits per heavy atom. The average molecular weight is 453 g/mol. The normalized spacial score (nSPS) is 15.9. The van der Waals surface area contributed by atoms with Gasteiger partial charge in [0.05, 0.1) is 18.7 Å². The number of hydrogen-bond acceptors (Lipinski definition) is 5. The topological polar surface area (TPSA) is 80.0 Å². The minimum atomic E-state index is -0.834. The van der Waals surface area contributed by atoms with Crippen LogP contribution in [0.2, 0.25) is 0 Å². The van der Waals surface area contributed by atoms with Gasteiger partial charge in [0.15, 0.2) is 11.5 Å². The Morgan fingerprint density at radius 3 is 2.44 bits per heavy atom. The van der Waals surface area contributed by atoms with Gasteiger partial charge in [-0.2, -0.15) is 0 Å². The fraction of sp³-hybridized carbons (Fsp3) is 0.143. The van der Waals surface area contributed by atoms with Crippen molar-refractivity contribution in [3.8, 4) is 5.75 Å². The molecule has 0 saturated heterocycles. The fourth-order valence-corrected chi connectivity index (χ4v) is 4.41. The van der Waals surface area contributed by atoms with Gasteiger partial charge in [0, 0.05) is 11.1 Å². The smallest absolute Gasteiger partial charge is 0.294 e. The van der Waals surface area contributed by atoms with Crippen molar-refractivity contribution in [3.63, 3.8) is 0 Å². The second-order valence-corrected chi connectivity index (χ2v) is 8.31. The molecule has 1 aliphatic heterocycles. The molecule has 5 rings (SSSR count). The van der Waals surface area contributed by atoms with Crippen LogP contribution in [0.1, 0.15) is 33.3 Å². The minimum absolute atomic E-state index is 0.0184. The van der Waals surface area contributed by atoms with Gasteiger partial charge >= 0.3 is 0 Å². The molecule has 0 aliphatic carbocycles. The number of benzene rings is 3. The van der Waals surface area contributed by atoms with Crippen molar-refractivity contribution in [2.75, 3.05) is 12.0 Å². The zero-order valence-electron chi connectivity index (χ0n) is 19.0. The number of carbonyl (C=O) groups is 2. The van der Waals surface area contributed by atoms with Crippen LogP contribution in [-0.2, 0) is 4.79 Å². The van der Waals surface area contributed by atoms with Crippen LogP contribution in [0.4, 0.5) is 5.69 Å². The van der Waals surface area contributed by atoms with E-state index in [-0.39, 0.29) is 11.3 Å². The summed E-state index contributed by atoms with van der Waals surface area (Å²) in [5.41, 5.74) is 3.72. The van der Waals surface area contributed by atoms with E-state index in [9.17, 15) is 14.7 Å². The zero-order chi connectivity index (χ0) is 24.0. The van der Waals surface area contributed by atoms with Gasteiger partial charge in [-0.1, -0.05) is 42.5 Å². The third kappa shape index (κ3) is 3.35. The number of hydrogen-bond donors (Lipinski definition) is 1. The van der Waals surface area contributed by atoms with E-state index in [1.807, 2.05) is 50.2 Å². The molecule has 4 aromatic rings. The third-order valence-corrected chi connectivity index (χ3v) is 6.37. The Bertz CT molecular complexity index is 1430. The maximum atomic E-state index is 13.7. The Labute approximate surface area is 196 Å². The minimum Gasteiger partial charge on any atom is -0.503 e. The number of fused-ring (bicyclic) bond motifs is 1. The lowest BCUT2D eigenvalue weighted by atomic mass is 9.94. The Balaban J connectivity index is 1.68. The van der Waals surface area contributed by atoms with E-state index in [1.54, 1.807) is 43.5 Å². The molecule has 34 heavy (non-hydrogen) atoms.